The van der Waals surface area contributed by atoms with E-state index < -0.39 is 0 Å². The second-order valence-corrected chi connectivity index (χ2v) is 12.1. The van der Waals surface area contributed by atoms with E-state index in [4.69, 9.17) is 18.9 Å². The summed E-state index contributed by atoms with van der Waals surface area (Å²) in [5.74, 6) is 1.81. The molecule has 7 rings (SSSR count). The van der Waals surface area contributed by atoms with Crippen molar-refractivity contribution in [2.24, 2.45) is 7.05 Å². The van der Waals surface area contributed by atoms with Crippen LogP contribution in [0.1, 0.15) is 44.1 Å². The summed E-state index contributed by atoms with van der Waals surface area (Å²) in [5, 5.41) is 2.36. The summed E-state index contributed by atoms with van der Waals surface area (Å²) >= 11 is 0. The molecule has 0 saturated heterocycles. The standard InChI is InChI=1S/C39H40N4O4/c1-43-35-18-19-40-26-34(35)33-16-14-29(22-36(33)43)30-15-17-37(41-25-30)46-31-23-32(24-31)47-39-13-9-12-38(42-39)45-21-8-3-2-7-20-44-27-28-10-5-4-6-11-28/h4-6,9-19,22,25-26,31-32H,2-3,7-8,20-21,23-24,27H2,1H3. The fourth-order valence-corrected chi connectivity index (χ4v) is 6.05. The monoisotopic (exact) mass is 628 g/mol. The van der Waals surface area contributed by atoms with Gasteiger partial charge in [0.25, 0.3) is 0 Å². The largest absolute Gasteiger partial charge is 0.478 e. The van der Waals surface area contributed by atoms with Gasteiger partial charge in [-0.2, -0.15) is 4.98 Å². The lowest BCUT2D eigenvalue weighted by atomic mass is 9.92. The van der Waals surface area contributed by atoms with E-state index in [-0.39, 0.29) is 12.2 Å². The maximum Gasteiger partial charge on any atom is 0.216 e. The third-order valence-corrected chi connectivity index (χ3v) is 8.75. The van der Waals surface area contributed by atoms with Crippen LogP contribution in [-0.4, -0.2) is 44.9 Å². The van der Waals surface area contributed by atoms with Gasteiger partial charge < -0.3 is 23.5 Å². The van der Waals surface area contributed by atoms with Crippen molar-refractivity contribution in [3.8, 4) is 28.8 Å². The van der Waals surface area contributed by atoms with E-state index in [0.717, 1.165) is 61.6 Å². The van der Waals surface area contributed by atoms with Crippen molar-refractivity contribution in [2.75, 3.05) is 13.2 Å². The number of fused-ring (bicyclic) bond motifs is 3. The first-order valence-corrected chi connectivity index (χ1v) is 16.5. The lowest BCUT2D eigenvalue weighted by Crippen LogP contribution is -2.41. The first-order valence-electron chi connectivity index (χ1n) is 16.5. The zero-order chi connectivity index (χ0) is 31.8. The maximum atomic E-state index is 6.13. The van der Waals surface area contributed by atoms with Gasteiger partial charge in [0.1, 0.15) is 12.2 Å². The van der Waals surface area contributed by atoms with Gasteiger partial charge in [-0.15, -0.1) is 0 Å². The first kappa shape index (κ1) is 30.7. The van der Waals surface area contributed by atoms with E-state index in [2.05, 4.69) is 69.0 Å². The molecule has 0 N–H and O–H groups in total. The van der Waals surface area contributed by atoms with Crippen molar-refractivity contribution in [1.29, 1.82) is 0 Å². The van der Waals surface area contributed by atoms with Crippen molar-refractivity contribution in [3.63, 3.8) is 0 Å². The van der Waals surface area contributed by atoms with Crippen LogP contribution in [0.4, 0.5) is 0 Å². The van der Waals surface area contributed by atoms with Crippen LogP contribution < -0.4 is 14.2 Å². The molecular formula is C39H40N4O4. The number of ether oxygens (including phenoxy) is 4. The molecule has 0 atom stereocenters. The second kappa shape index (κ2) is 14.6. The summed E-state index contributed by atoms with van der Waals surface area (Å²) in [6.07, 6.45) is 11.6. The Morgan fingerprint density at radius 1 is 0.681 bits per heavy atom. The van der Waals surface area contributed by atoms with Gasteiger partial charge in [-0.25, -0.2) is 4.98 Å². The van der Waals surface area contributed by atoms with Crippen LogP contribution in [0, 0.1) is 0 Å². The van der Waals surface area contributed by atoms with Crippen LogP contribution in [0.2, 0.25) is 0 Å². The zero-order valence-corrected chi connectivity index (χ0v) is 26.8. The molecule has 240 valence electrons. The minimum atomic E-state index is 0.0638. The smallest absolute Gasteiger partial charge is 0.216 e. The molecule has 1 aliphatic rings. The highest BCUT2D eigenvalue weighted by Crippen LogP contribution is 2.33. The van der Waals surface area contributed by atoms with E-state index in [1.165, 1.54) is 22.0 Å². The highest BCUT2D eigenvalue weighted by molar-refractivity contribution is 6.08. The fraction of sp³-hybridized carbons (Fsp3) is 0.308. The van der Waals surface area contributed by atoms with E-state index in [1.54, 1.807) is 0 Å². The van der Waals surface area contributed by atoms with Crippen LogP contribution in [0.5, 0.6) is 17.6 Å². The van der Waals surface area contributed by atoms with Crippen LogP contribution in [0.25, 0.3) is 32.9 Å². The highest BCUT2D eigenvalue weighted by atomic mass is 16.5. The summed E-state index contributed by atoms with van der Waals surface area (Å²) in [7, 11) is 2.09. The Morgan fingerprint density at radius 2 is 1.47 bits per heavy atom. The molecule has 0 unspecified atom stereocenters. The van der Waals surface area contributed by atoms with Crippen molar-refractivity contribution in [2.45, 2.75) is 57.3 Å². The van der Waals surface area contributed by atoms with Crippen molar-refractivity contribution >= 4 is 21.8 Å². The zero-order valence-electron chi connectivity index (χ0n) is 26.8. The summed E-state index contributed by atoms with van der Waals surface area (Å²) < 4.78 is 26.1. The molecule has 6 aromatic rings. The second-order valence-electron chi connectivity index (χ2n) is 12.1. The highest BCUT2D eigenvalue weighted by Gasteiger charge is 2.33. The molecule has 1 aliphatic carbocycles. The van der Waals surface area contributed by atoms with Gasteiger partial charge in [0.2, 0.25) is 17.6 Å². The normalized spacial score (nSPS) is 15.9. The van der Waals surface area contributed by atoms with Crippen LogP contribution >= 0.6 is 0 Å². The lowest BCUT2D eigenvalue weighted by Gasteiger charge is -2.34. The summed E-state index contributed by atoms with van der Waals surface area (Å²) in [6, 6.07) is 28.6. The molecule has 0 bridgehead atoms. The third-order valence-electron chi connectivity index (χ3n) is 8.75. The van der Waals surface area contributed by atoms with Crippen LogP contribution in [-0.2, 0) is 18.4 Å². The number of hydrogen-bond acceptors (Lipinski definition) is 7. The molecule has 2 aromatic carbocycles. The molecule has 1 saturated carbocycles. The summed E-state index contributed by atoms with van der Waals surface area (Å²) in [6.45, 7) is 2.11. The van der Waals surface area contributed by atoms with E-state index in [0.29, 0.717) is 30.9 Å². The molecular weight excluding hydrogens is 588 g/mol. The number of aromatic nitrogens is 4. The number of benzene rings is 2. The van der Waals surface area contributed by atoms with E-state index in [9.17, 15) is 0 Å². The Morgan fingerprint density at radius 3 is 2.30 bits per heavy atom. The van der Waals surface area contributed by atoms with Gasteiger partial charge >= 0.3 is 0 Å². The number of pyridine rings is 3. The number of nitrogens with zero attached hydrogens (tertiary/aromatic N) is 4. The van der Waals surface area contributed by atoms with Gasteiger partial charge in [-0.1, -0.05) is 55.0 Å². The molecule has 4 heterocycles. The summed E-state index contributed by atoms with van der Waals surface area (Å²) in [4.78, 5) is 13.4. The number of unbranched alkanes of at least 4 members (excludes halogenated alkanes) is 3. The summed E-state index contributed by atoms with van der Waals surface area (Å²) in [5.41, 5.74) is 5.73. The van der Waals surface area contributed by atoms with Crippen LogP contribution in [0.15, 0.2) is 104 Å². The molecule has 0 radical (unpaired) electrons. The number of hydrogen-bond donors (Lipinski definition) is 0. The molecule has 8 nitrogen and oxygen atoms in total. The van der Waals surface area contributed by atoms with Crippen LogP contribution in [0.3, 0.4) is 0 Å². The molecule has 47 heavy (non-hydrogen) atoms. The third kappa shape index (κ3) is 7.55. The minimum absolute atomic E-state index is 0.0638. The Bertz CT molecular complexity index is 1900. The molecule has 8 heteroatoms. The van der Waals surface area contributed by atoms with E-state index in [1.807, 2.05) is 61.1 Å². The molecule has 0 aliphatic heterocycles. The Kier molecular flexibility index (Phi) is 9.56. The molecule has 4 aromatic heterocycles. The first-order chi connectivity index (χ1) is 23.2. The molecule has 0 amide bonds. The molecule has 0 spiro atoms. The average Bonchev–Trinajstić information content (AvgIpc) is 3.38. The minimum Gasteiger partial charge on any atom is -0.478 e. The fourth-order valence-electron chi connectivity index (χ4n) is 6.05. The van der Waals surface area contributed by atoms with E-state index >= 15 is 0 Å². The van der Waals surface area contributed by atoms with Gasteiger partial charge in [0.15, 0.2) is 0 Å². The van der Waals surface area contributed by atoms with Crippen molar-refractivity contribution < 1.29 is 18.9 Å². The van der Waals surface area contributed by atoms with Gasteiger partial charge in [-0.3, -0.25) is 4.98 Å². The quantitative estimate of drug-likeness (QED) is 0.106. The Hall–Kier alpha value is -4.95. The number of rotatable bonds is 15. The predicted octanol–water partition coefficient (Wildman–Crippen LogP) is 8.33. The van der Waals surface area contributed by atoms with Crippen molar-refractivity contribution in [3.05, 3.63) is 109 Å². The van der Waals surface area contributed by atoms with Gasteiger partial charge in [0, 0.05) is 85.1 Å². The van der Waals surface area contributed by atoms with Crippen molar-refractivity contribution in [1.82, 2.24) is 19.5 Å². The SMILES string of the molecule is Cn1c2ccncc2c2ccc(-c3ccc(OC4CC(Oc5cccc(OCCCCCCOCc6ccccc6)n5)C4)nc3)cc21. The molecule has 1 fully saturated rings. The average molecular weight is 629 g/mol. The maximum absolute atomic E-state index is 6.13. The van der Waals surface area contributed by atoms with Gasteiger partial charge in [-0.05, 0) is 48.6 Å². The lowest BCUT2D eigenvalue weighted by molar-refractivity contribution is -0.000240. The van der Waals surface area contributed by atoms with Gasteiger partial charge in [0.05, 0.1) is 18.7 Å². The Labute approximate surface area is 275 Å². The predicted molar refractivity (Wildman–Crippen MR) is 184 cm³/mol. The number of aryl methyl sites for hydroxylation is 1. The Balaban J connectivity index is 0.808. The topological polar surface area (TPSA) is 80.5 Å².